The van der Waals surface area contributed by atoms with Gasteiger partial charge in [-0.15, -0.1) is 0 Å². The first kappa shape index (κ1) is 15.8. The molecule has 0 bridgehead atoms. The lowest BCUT2D eigenvalue weighted by Gasteiger charge is -2.23. The van der Waals surface area contributed by atoms with Gasteiger partial charge in [-0.05, 0) is 31.0 Å². The Kier molecular flexibility index (Phi) is 4.26. The summed E-state index contributed by atoms with van der Waals surface area (Å²) in [6.07, 6.45) is 2.65. The Labute approximate surface area is 136 Å². The topological polar surface area (TPSA) is 62.9 Å². The summed E-state index contributed by atoms with van der Waals surface area (Å²) >= 11 is 0. The van der Waals surface area contributed by atoms with Crippen LogP contribution in [0.25, 0.3) is 0 Å². The van der Waals surface area contributed by atoms with Crippen LogP contribution in [0.15, 0.2) is 52.2 Å². The van der Waals surface area contributed by atoms with Gasteiger partial charge in [-0.1, -0.05) is 36.8 Å². The highest BCUT2D eigenvalue weighted by molar-refractivity contribution is 7.89. The maximum Gasteiger partial charge on any atom is 0.250 e. The van der Waals surface area contributed by atoms with Crippen LogP contribution >= 0.6 is 0 Å². The lowest BCUT2D eigenvalue weighted by molar-refractivity contribution is 0.371. The van der Waals surface area contributed by atoms with Gasteiger partial charge in [0.1, 0.15) is 11.5 Å². The van der Waals surface area contributed by atoms with Crippen LogP contribution in [0.4, 0.5) is 0 Å². The monoisotopic (exact) mass is 332 g/mol. The van der Waals surface area contributed by atoms with Gasteiger partial charge in [0.2, 0.25) is 10.0 Å². The third-order valence-electron chi connectivity index (χ3n) is 3.85. The molecular formula is C17H20N2O3S. The lowest BCUT2D eigenvalue weighted by atomic mass is 10.0. The summed E-state index contributed by atoms with van der Waals surface area (Å²) in [7, 11) is -3.44. The molecule has 1 aromatic heterocycles. The van der Waals surface area contributed by atoms with Crippen LogP contribution in [0, 0.1) is 6.92 Å². The average molecular weight is 332 g/mol. The van der Waals surface area contributed by atoms with E-state index in [4.69, 9.17) is 4.42 Å². The maximum atomic E-state index is 12.6. The summed E-state index contributed by atoms with van der Waals surface area (Å²) in [5.74, 6) is 0.710. The molecule has 0 saturated carbocycles. The first-order chi connectivity index (χ1) is 11.0. The van der Waals surface area contributed by atoms with Crippen molar-refractivity contribution in [1.82, 2.24) is 4.41 Å². The first-order valence-electron chi connectivity index (χ1n) is 7.71. The highest BCUT2D eigenvalue weighted by Crippen LogP contribution is 2.35. The van der Waals surface area contributed by atoms with Gasteiger partial charge in [-0.25, -0.2) is 8.42 Å². The average Bonchev–Trinajstić information content (AvgIpc) is 3.17. The lowest BCUT2D eigenvalue weighted by Crippen LogP contribution is -2.29. The van der Waals surface area contributed by atoms with E-state index < -0.39 is 10.0 Å². The molecule has 6 heteroatoms. The molecule has 0 saturated heterocycles. The van der Waals surface area contributed by atoms with Crippen LogP contribution in [0.3, 0.4) is 0 Å². The molecule has 0 radical (unpaired) electrons. The molecule has 2 aromatic rings. The molecule has 23 heavy (non-hydrogen) atoms. The van der Waals surface area contributed by atoms with Crippen LogP contribution in [0.5, 0.6) is 0 Å². The zero-order valence-corrected chi connectivity index (χ0v) is 14.1. The molecule has 1 atom stereocenters. The minimum Gasteiger partial charge on any atom is -0.463 e. The van der Waals surface area contributed by atoms with Crippen molar-refractivity contribution in [1.29, 1.82) is 0 Å². The van der Waals surface area contributed by atoms with Gasteiger partial charge in [0.25, 0.3) is 0 Å². The maximum absolute atomic E-state index is 12.6. The summed E-state index contributed by atoms with van der Waals surface area (Å²) < 4.78 is 31.9. The predicted molar refractivity (Wildman–Crippen MR) is 89.7 cm³/mol. The van der Waals surface area contributed by atoms with Crippen LogP contribution in [-0.2, 0) is 10.0 Å². The van der Waals surface area contributed by atoms with Gasteiger partial charge < -0.3 is 4.42 Å². The van der Waals surface area contributed by atoms with Crippen LogP contribution in [0.2, 0.25) is 0 Å². The molecular weight excluding hydrogens is 312 g/mol. The zero-order valence-electron chi connectivity index (χ0n) is 13.3. The first-order valence-corrected chi connectivity index (χ1v) is 9.32. The molecule has 3 rings (SSSR count). The van der Waals surface area contributed by atoms with E-state index in [0.29, 0.717) is 24.3 Å². The minimum atomic E-state index is -3.44. The SMILES string of the molecule is CCCS(=O)(=O)N1N=C(c2ccco2)CC1c1cccc(C)c1. The van der Waals surface area contributed by atoms with E-state index in [1.54, 1.807) is 12.3 Å². The summed E-state index contributed by atoms with van der Waals surface area (Å²) in [5.41, 5.74) is 2.72. The van der Waals surface area contributed by atoms with Crippen molar-refractivity contribution in [3.63, 3.8) is 0 Å². The van der Waals surface area contributed by atoms with E-state index in [-0.39, 0.29) is 11.8 Å². The molecule has 1 aliphatic rings. The number of hydrogen-bond acceptors (Lipinski definition) is 4. The highest BCUT2D eigenvalue weighted by Gasteiger charge is 2.36. The number of furan rings is 1. The van der Waals surface area contributed by atoms with Crippen LogP contribution < -0.4 is 0 Å². The zero-order chi connectivity index (χ0) is 16.4. The molecule has 0 aliphatic carbocycles. The van der Waals surface area contributed by atoms with Crippen molar-refractivity contribution in [2.75, 3.05) is 5.75 Å². The molecule has 2 heterocycles. The van der Waals surface area contributed by atoms with E-state index in [9.17, 15) is 8.42 Å². The molecule has 0 fully saturated rings. The standard InChI is InChI=1S/C17H20N2O3S/c1-3-10-23(20,21)19-16(14-7-4-6-13(2)11-14)12-15(18-19)17-8-5-9-22-17/h4-9,11,16H,3,10,12H2,1-2H3. The minimum absolute atomic E-state index is 0.0876. The Balaban J connectivity index is 2.01. The van der Waals surface area contributed by atoms with Crippen molar-refractivity contribution in [2.24, 2.45) is 5.10 Å². The fraction of sp³-hybridized carbons (Fsp3) is 0.353. The molecule has 1 aromatic carbocycles. The number of benzene rings is 1. The van der Waals surface area contributed by atoms with Gasteiger partial charge in [0.05, 0.1) is 18.1 Å². The van der Waals surface area contributed by atoms with Crippen molar-refractivity contribution < 1.29 is 12.8 Å². The number of nitrogens with zero attached hydrogens (tertiary/aromatic N) is 2. The van der Waals surface area contributed by atoms with Crippen molar-refractivity contribution in [3.8, 4) is 0 Å². The fourth-order valence-corrected chi connectivity index (χ4v) is 4.32. The number of hydrazone groups is 1. The van der Waals surface area contributed by atoms with E-state index in [2.05, 4.69) is 5.10 Å². The van der Waals surface area contributed by atoms with Gasteiger partial charge in [0.15, 0.2) is 0 Å². The summed E-state index contributed by atoms with van der Waals surface area (Å²) in [5, 5.41) is 4.38. The highest BCUT2D eigenvalue weighted by atomic mass is 32.2. The van der Waals surface area contributed by atoms with Gasteiger partial charge in [-0.3, -0.25) is 0 Å². The van der Waals surface area contributed by atoms with E-state index in [0.717, 1.165) is 11.1 Å². The molecule has 0 N–H and O–H groups in total. The summed E-state index contributed by atoms with van der Waals surface area (Å²) in [4.78, 5) is 0. The fourth-order valence-electron chi connectivity index (χ4n) is 2.81. The largest absolute Gasteiger partial charge is 0.463 e. The smallest absolute Gasteiger partial charge is 0.250 e. The number of rotatable bonds is 5. The number of sulfonamides is 1. The number of aryl methyl sites for hydroxylation is 1. The molecule has 0 spiro atoms. The van der Waals surface area contributed by atoms with E-state index in [1.165, 1.54) is 4.41 Å². The summed E-state index contributed by atoms with van der Waals surface area (Å²) in [6.45, 7) is 3.85. The molecule has 122 valence electrons. The molecule has 1 aliphatic heterocycles. The van der Waals surface area contributed by atoms with Crippen molar-refractivity contribution in [2.45, 2.75) is 32.7 Å². The van der Waals surface area contributed by atoms with E-state index >= 15 is 0 Å². The second-order valence-corrected chi connectivity index (χ2v) is 7.69. The molecule has 0 amide bonds. The Morgan fingerprint density at radius 3 is 2.78 bits per heavy atom. The van der Waals surface area contributed by atoms with Crippen molar-refractivity contribution >= 4 is 15.7 Å². The molecule has 1 unspecified atom stereocenters. The molecule has 5 nitrogen and oxygen atoms in total. The Morgan fingerprint density at radius 1 is 1.30 bits per heavy atom. The van der Waals surface area contributed by atoms with Gasteiger partial charge in [0, 0.05) is 6.42 Å². The second kappa shape index (κ2) is 6.20. The third-order valence-corrected chi connectivity index (χ3v) is 5.68. The third kappa shape index (κ3) is 3.17. The van der Waals surface area contributed by atoms with Crippen molar-refractivity contribution in [3.05, 3.63) is 59.5 Å². The Bertz CT molecular complexity index is 810. The Hall–Kier alpha value is -2.08. The summed E-state index contributed by atoms with van der Waals surface area (Å²) in [6, 6.07) is 11.2. The van der Waals surface area contributed by atoms with Gasteiger partial charge in [-0.2, -0.15) is 9.52 Å². The van der Waals surface area contributed by atoms with Crippen LogP contribution in [0.1, 0.15) is 42.7 Å². The van der Waals surface area contributed by atoms with E-state index in [1.807, 2.05) is 44.2 Å². The van der Waals surface area contributed by atoms with Crippen LogP contribution in [-0.4, -0.2) is 24.3 Å². The second-order valence-electron chi connectivity index (χ2n) is 5.75. The normalized spacial score (nSPS) is 18.3. The Morgan fingerprint density at radius 2 is 2.13 bits per heavy atom. The predicted octanol–water partition coefficient (Wildman–Crippen LogP) is 3.48. The number of hydrogen-bond donors (Lipinski definition) is 0. The van der Waals surface area contributed by atoms with Gasteiger partial charge >= 0.3 is 0 Å². The quantitative estimate of drug-likeness (QED) is 0.842.